The van der Waals surface area contributed by atoms with Gasteiger partial charge in [0.2, 0.25) is 0 Å². The first-order valence-corrected chi connectivity index (χ1v) is 10.1. The highest BCUT2D eigenvalue weighted by Crippen LogP contribution is 2.29. The third-order valence-electron chi connectivity index (χ3n) is 3.87. The van der Waals surface area contributed by atoms with Crippen LogP contribution >= 0.6 is 11.3 Å². The fraction of sp³-hybridized carbons (Fsp3) is 0.733. The molecule has 0 unspecified atom stereocenters. The molecule has 1 fully saturated rings. The fourth-order valence-corrected chi connectivity index (χ4v) is 5.81. The lowest BCUT2D eigenvalue weighted by Gasteiger charge is -2.18. The lowest BCUT2D eigenvalue weighted by Crippen LogP contribution is -2.31. The molecule has 1 N–H and O–H groups in total. The molecule has 2 heterocycles. The van der Waals surface area contributed by atoms with E-state index in [2.05, 4.69) is 12.2 Å². The minimum Gasteiger partial charge on any atom is -0.312 e. The molecule has 120 valence electrons. The third-order valence-corrected chi connectivity index (χ3v) is 7.45. The van der Waals surface area contributed by atoms with E-state index in [9.17, 15) is 8.42 Å². The quantitative estimate of drug-likeness (QED) is 0.815. The van der Waals surface area contributed by atoms with Gasteiger partial charge in [-0.15, -0.1) is 11.3 Å². The molecular weight excluding hydrogens is 304 g/mol. The molecular formula is C15H26N2O2S2. The van der Waals surface area contributed by atoms with Crippen LogP contribution in [0.15, 0.2) is 10.3 Å². The van der Waals surface area contributed by atoms with E-state index in [0.29, 0.717) is 17.3 Å². The Morgan fingerprint density at radius 1 is 1.24 bits per heavy atom. The first kappa shape index (κ1) is 16.9. The molecule has 0 amide bonds. The summed E-state index contributed by atoms with van der Waals surface area (Å²) in [5.41, 5.74) is 1.08. The fourth-order valence-electron chi connectivity index (χ4n) is 2.58. The van der Waals surface area contributed by atoms with E-state index < -0.39 is 10.0 Å². The summed E-state index contributed by atoms with van der Waals surface area (Å²) < 4.78 is 27.7. The van der Waals surface area contributed by atoms with Crippen molar-refractivity contribution in [3.8, 4) is 0 Å². The molecule has 6 heteroatoms. The van der Waals surface area contributed by atoms with E-state index in [1.807, 2.05) is 13.0 Å². The van der Waals surface area contributed by atoms with Gasteiger partial charge in [0.15, 0.2) is 0 Å². The minimum atomic E-state index is -3.29. The number of nitrogens with zero attached hydrogens (tertiary/aromatic N) is 1. The molecule has 1 saturated heterocycles. The van der Waals surface area contributed by atoms with Crippen molar-refractivity contribution in [3.63, 3.8) is 0 Å². The summed E-state index contributed by atoms with van der Waals surface area (Å²) in [6, 6.07) is 1.84. The minimum absolute atomic E-state index is 0.509. The SMILES string of the molecule is CCCNCc1sc(S(=O)(=O)N2CCCCCC2)cc1C. The predicted molar refractivity (Wildman–Crippen MR) is 88.3 cm³/mol. The Bertz CT molecular complexity index is 544. The van der Waals surface area contributed by atoms with Crippen molar-refractivity contribution in [1.29, 1.82) is 0 Å². The molecule has 1 aliphatic rings. The van der Waals surface area contributed by atoms with Gasteiger partial charge in [0, 0.05) is 24.5 Å². The molecule has 1 aromatic heterocycles. The van der Waals surface area contributed by atoms with Crippen molar-refractivity contribution in [2.24, 2.45) is 0 Å². The van der Waals surface area contributed by atoms with Crippen molar-refractivity contribution in [2.45, 2.75) is 56.7 Å². The molecule has 0 radical (unpaired) electrons. The molecule has 0 saturated carbocycles. The summed E-state index contributed by atoms with van der Waals surface area (Å²) in [5.74, 6) is 0. The second-order valence-electron chi connectivity index (χ2n) is 5.67. The van der Waals surface area contributed by atoms with Crippen LogP contribution < -0.4 is 5.32 Å². The molecule has 1 aromatic rings. The number of rotatable bonds is 6. The van der Waals surface area contributed by atoms with Gasteiger partial charge < -0.3 is 5.32 Å². The highest BCUT2D eigenvalue weighted by molar-refractivity contribution is 7.91. The van der Waals surface area contributed by atoms with Crippen LogP contribution in [0.3, 0.4) is 0 Å². The number of nitrogens with one attached hydrogen (secondary N) is 1. The van der Waals surface area contributed by atoms with E-state index in [4.69, 9.17) is 0 Å². The van der Waals surface area contributed by atoms with Crippen molar-refractivity contribution < 1.29 is 8.42 Å². The van der Waals surface area contributed by atoms with Gasteiger partial charge >= 0.3 is 0 Å². The van der Waals surface area contributed by atoms with Crippen LogP contribution in [0.25, 0.3) is 0 Å². The van der Waals surface area contributed by atoms with E-state index in [1.165, 1.54) is 11.3 Å². The van der Waals surface area contributed by atoms with E-state index in [-0.39, 0.29) is 0 Å². The summed E-state index contributed by atoms with van der Waals surface area (Å²) >= 11 is 1.43. The Kier molecular flexibility index (Phi) is 6.22. The van der Waals surface area contributed by atoms with Crippen LogP contribution in [0.5, 0.6) is 0 Å². The predicted octanol–water partition coefficient (Wildman–Crippen LogP) is 3.12. The van der Waals surface area contributed by atoms with Crippen LogP contribution in [0.2, 0.25) is 0 Å². The van der Waals surface area contributed by atoms with Crippen molar-refractivity contribution in [3.05, 3.63) is 16.5 Å². The zero-order chi connectivity index (χ0) is 15.3. The second-order valence-corrected chi connectivity index (χ2v) is 8.97. The number of aryl methyl sites for hydroxylation is 1. The van der Waals surface area contributed by atoms with Gasteiger partial charge in [-0.25, -0.2) is 8.42 Å². The van der Waals surface area contributed by atoms with Crippen molar-refractivity contribution in [1.82, 2.24) is 9.62 Å². The maximum atomic E-state index is 12.8. The Hall–Kier alpha value is -0.430. The summed E-state index contributed by atoms with van der Waals surface area (Å²) in [7, 11) is -3.29. The highest BCUT2D eigenvalue weighted by Gasteiger charge is 2.27. The van der Waals surface area contributed by atoms with Gasteiger partial charge in [0.25, 0.3) is 10.0 Å². The maximum absolute atomic E-state index is 12.8. The normalized spacial score (nSPS) is 17.8. The molecule has 0 spiro atoms. The molecule has 1 aliphatic heterocycles. The number of hydrogen-bond acceptors (Lipinski definition) is 4. The van der Waals surface area contributed by atoms with Crippen LogP contribution in [-0.2, 0) is 16.6 Å². The Labute approximate surface area is 132 Å². The molecule has 21 heavy (non-hydrogen) atoms. The van der Waals surface area contributed by atoms with Crippen LogP contribution in [0.1, 0.15) is 49.5 Å². The Morgan fingerprint density at radius 3 is 2.52 bits per heavy atom. The highest BCUT2D eigenvalue weighted by atomic mass is 32.2. The number of thiophene rings is 1. The monoisotopic (exact) mass is 330 g/mol. The van der Waals surface area contributed by atoms with E-state index in [1.54, 1.807) is 4.31 Å². The zero-order valence-electron chi connectivity index (χ0n) is 13.0. The average molecular weight is 331 g/mol. The first-order valence-electron chi connectivity index (χ1n) is 7.86. The number of hydrogen-bond donors (Lipinski definition) is 1. The lowest BCUT2D eigenvalue weighted by atomic mass is 10.2. The molecule has 0 atom stereocenters. The summed E-state index contributed by atoms with van der Waals surface area (Å²) in [4.78, 5) is 1.14. The molecule has 2 rings (SSSR count). The van der Waals surface area contributed by atoms with Gasteiger partial charge in [-0.3, -0.25) is 0 Å². The van der Waals surface area contributed by atoms with Gasteiger partial charge in [-0.05, 0) is 44.4 Å². The van der Waals surface area contributed by atoms with Gasteiger partial charge in [0.1, 0.15) is 4.21 Å². The molecule has 0 bridgehead atoms. The summed E-state index contributed by atoms with van der Waals surface area (Å²) in [6.07, 6.45) is 5.33. The van der Waals surface area contributed by atoms with Crippen LogP contribution in [0, 0.1) is 6.92 Å². The van der Waals surface area contributed by atoms with E-state index >= 15 is 0 Å². The maximum Gasteiger partial charge on any atom is 0.252 e. The Morgan fingerprint density at radius 2 is 1.90 bits per heavy atom. The van der Waals surface area contributed by atoms with Gasteiger partial charge in [-0.2, -0.15) is 4.31 Å². The standard InChI is InChI=1S/C15H26N2O2S2/c1-3-8-16-12-14-13(2)11-15(20-14)21(18,19)17-9-6-4-5-7-10-17/h11,16H,3-10,12H2,1-2H3. The first-order chi connectivity index (χ1) is 10.1. The lowest BCUT2D eigenvalue weighted by molar-refractivity contribution is 0.425. The van der Waals surface area contributed by atoms with Gasteiger partial charge in [-0.1, -0.05) is 19.8 Å². The molecule has 0 aromatic carbocycles. The summed E-state index contributed by atoms with van der Waals surface area (Å²) in [5, 5.41) is 3.35. The van der Waals surface area contributed by atoms with Gasteiger partial charge in [0.05, 0.1) is 0 Å². The average Bonchev–Trinajstić information content (AvgIpc) is 2.68. The smallest absolute Gasteiger partial charge is 0.252 e. The van der Waals surface area contributed by atoms with Crippen molar-refractivity contribution >= 4 is 21.4 Å². The Balaban J connectivity index is 2.14. The second kappa shape index (κ2) is 7.72. The van der Waals surface area contributed by atoms with Crippen LogP contribution in [-0.4, -0.2) is 32.4 Å². The largest absolute Gasteiger partial charge is 0.312 e. The van der Waals surface area contributed by atoms with E-state index in [0.717, 1.165) is 55.6 Å². The zero-order valence-corrected chi connectivity index (χ0v) is 14.7. The van der Waals surface area contributed by atoms with Crippen LogP contribution in [0.4, 0.5) is 0 Å². The topological polar surface area (TPSA) is 49.4 Å². The third kappa shape index (κ3) is 4.28. The number of sulfonamides is 1. The van der Waals surface area contributed by atoms with Crippen molar-refractivity contribution in [2.75, 3.05) is 19.6 Å². The summed E-state index contributed by atoms with van der Waals surface area (Å²) in [6.45, 7) is 7.20. The molecule has 4 nitrogen and oxygen atoms in total. The molecule has 0 aliphatic carbocycles.